The Morgan fingerprint density at radius 2 is 1.71 bits per heavy atom. The summed E-state index contributed by atoms with van der Waals surface area (Å²) in [5.74, 6) is 1.28. The highest BCUT2D eigenvalue weighted by atomic mass is 35.5. The van der Waals surface area contributed by atoms with Gasteiger partial charge in [0.05, 0.1) is 6.54 Å². The molecule has 9 nitrogen and oxygen atoms in total. The van der Waals surface area contributed by atoms with E-state index in [0.717, 1.165) is 11.4 Å². The van der Waals surface area contributed by atoms with E-state index in [2.05, 4.69) is 25.2 Å². The van der Waals surface area contributed by atoms with Crippen LogP contribution in [0.15, 0.2) is 60.9 Å². The van der Waals surface area contributed by atoms with E-state index < -0.39 is 5.60 Å². The Morgan fingerprint density at radius 3 is 2.43 bits per heavy atom. The predicted molar refractivity (Wildman–Crippen MR) is 134 cm³/mol. The number of fused-ring (bicyclic) bond motifs is 1. The molecule has 0 spiro atoms. The molecule has 5 rings (SSSR count). The lowest BCUT2D eigenvalue weighted by Crippen LogP contribution is -2.56. The van der Waals surface area contributed by atoms with Gasteiger partial charge >= 0.3 is 0 Å². The normalized spacial score (nSPS) is 14.4. The van der Waals surface area contributed by atoms with Crippen LogP contribution in [0.25, 0.3) is 11.2 Å². The molecular formula is C25H26ClN7O2. The molecule has 4 aromatic rings. The molecule has 1 aliphatic rings. The number of benzene rings is 2. The van der Waals surface area contributed by atoms with Crippen LogP contribution in [0.1, 0.15) is 19.4 Å². The summed E-state index contributed by atoms with van der Waals surface area (Å²) in [5, 5.41) is 9.31. The van der Waals surface area contributed by atoms with Crippen LogP contribution in [0.4, 0.5) is 5.82 Å². The second kappa shape index (κ2) is 9.50. The first-order chi connectivity index (χ1) is 16.9. The number of carbonyl (C=O) groups excluding carboxylic acids is 1. The summed E-state index contributed by atoms with van der Waals surface area (Å²) in [5.41, 5.74) is 1.47. The number of amides is 1. The van der Waals surface area contributed by atoms with Crippen molar-refractivity contribution in [3.8, 4) is 5.75 Å². The molecule has 2 aromatic heterocycles. The number of carbonyl (C=O) groups is 1. The molecule has 1 amide bonds. The predicted octanol–water partition coefficient (Wildman–Crippen LogP) is 3.43. The fourth-order valence-corrected chi connectivity index (χ4v) is 4.34. The largest absolute Gasteiger partial charge is 0.478 e. The maximum Gasteiger partial charge on any atom is 0.266 e. The van der Waals surface area contributed by atoms with Gasteiger partial charge in [-0.2, -0.15) is 0 Å². The Bertz CT molecular complexity index is 1320. The molecule has 0 saturated carbocycles. The van der Waals surface area contributed by atoms with E-state index in [1.807, 2.05) is 35.2 Å². The lowest BCUT2D eigenvalue weighted by molar-refractivity contribution is -0.145. The average molecular weight is 492 g/mol. The molecule has 1 saturated heterocycles. The molecule has 2 aromatic carbocycles. The van der Waals surface area contributed by atoms with Crippen molar-refractivity contribution in [1.29, 1.82) is 0 Å². The number of piperazine rings is 1. The van der Waals surface area contributed by atoms with Crippen LogP contribution in [0, 0.1) is 0 Å². The van der Waals surface area contributed by atoms with Crippen molar-refractivity contribution in [3.05, 3.63) is 71.5 Å². The van der Waals surface area contributed by atoms with E-state index in [9.17, 15) is 4.79 Å². The Balaban J connectivity index is 1.26. The number of nitrogens with zero attached hydrogens (tertiary/aromatic N) is 7. The highest BCUT2D eigenvalue weighted by Crippen LogP contribution is 2.25. The third kappa shape index (κ3) is 4.90. The van der Waals surface area contributed by atoms with Crippen molar-refractivity contribution in [3.63, 3.8) is 0 Å². The lowest BCUT2D eigenvalue weighted by Gasteiger charge is -2.38. The summed E-state index contributed by atoms with van der Waals surface area (Å²) in [6.45, 7) is 6.51. The van der Waals surface area contributed by atoms with Crippen LogP contribution in [-0.2, 0) is 11.3 Å². The van der Waals surface area contributed by atoms with E-state index in [0.29, 0.717) is 54.7 Å². The van der Waals surface area contributed by atoms with Crippen LogP contribution in [0.3, 0.4) is 0 Å². The summed E-state index contributed by atoms with van der Waals surface area (Å²) in [7, 11) is 0. The molecule has 0 unspecified atom stereocenters. The van der Waals surface area contributed by atoms with Crippen molar-refractivity contribution in [2.24, 2.45) is 0 Å². The molecule has 10 heteroatoms. The Morgan fingerprint density at radius 1 is 1.00 bits per heavy atom. The quantitative estimate of drug-likeness (QED) is 0.408. The number of hydrogen-bond acceptors (Lipinski definition) is 7. The number of hydrogen-bond donors (Lipinski definition) is 0. The van der Waals surface area contributed by atoms with Gasteiger partial charge in [-0.05, 0) is 43.7 Å². The SMILES string of the molecule is CC(C)(Oc1ccc(Cl)cc1)C(=O)N1CCN(c2ncnc3c2nnn3Cc2ccccc2)CC1. The lowest BCUT2D eigenvalue weighted by atomic mass is 10.1. The van der Waals surface area contributed by atoms with Gasteiger partial charge in [-0.3, -0.25) is 4.79 Å². The zero-order chi connectivity index (χ0) is 24.4. The third-order valence-electron chi connectivity index (χ3n) is 6.02. The Hall–Kier alpha value is -3.72. The summed E-state index contributed by atoms with van der Waals surface area (Å²) in [6.07, 6.45) is 1.54. The van der Waals surface area contributed by atoms with E-state index in [1.54, 1.807) is 49.1 Å². The van der Waals surface area contributed by atoms with Crippen molar-refractivity contribution in [2.75, 3.05) is 31.1 Å². The highest BCUT2D eigenvalue weighted by molar-refractivity contribution is 6.30. The van der Waals surface area contributed by atoms with E-state index in [-0.39, 0.29) is 5.91 Å². The fourth-order valence-electron chi connectivity index (χ4n) is 4.22. The van der Waals surface area contributed by atoms with Gasteiger partial charge in [0, 0.05) is 31.2 Å². The zero-order valence-corrected chi connectivity index (χ0v) is 20.4. The van der Waals surface area contributed by atoms with Crippen LogP contribution in [0.5, 0.6) is 5.75 Å². The van der Waals surface area contributed by atoms with Gasteiger partial charge in [0.1, 0.15) is 12.1 Å². The Labute approximate surface area is 208 Å². The van der Waals surface area contributed by atoms with E-state index >= 15 is 0 Å². The van der Waals surface area contributed by atoms with Crippen LogP contribution >= 0.6 is 11.6 Å². The molecule has 0 radical (unpaired) electrons. The second-order valence-corrected chi connectivity index (χ2v) is 9.38. The monoisotopic (exact) mass is 491 g/mol. The van der Waals surface area contributed by atoms with Crippen LogP contribution in [0.2, 0.25) is 5.02 Å². The van der Waals surface area contributed by atoms with E-state index in [1.165, 1.54) is 0 Å². The second-order valence-electron chi connectivity index (χ2n) is 8.95. The molecule has 0 bridgehead atoms. The number of anilines is 1. The maximum atomic E-state index is 13.2. The molecule has 1 fully saturated rings. The van der Waals surface area contributed by atoms with Gasteiger partial charge in [0.25, 0.3) is 5.91 Å². The van der Waals surface area contributed by atoms with Crippen molar-refractivity contribution >= 4 is 34.5 Å². The zero-order valence-electron chi connectivity index (χ0n) is 19.6. The summed E-state index contributed by atoms with van der Waals surface area (Å²) in [4.78, 5) is 26.1. The number of aromatic nitrogens is 5. The molecule has 0 N–H and O–H groups in total. The highest BCUT2D eigenvalue weighted by Gasteiger charge is 2.36. The molecular weight excluding hydrogens is 466 g/mol. The smallest absolute Gasteiger partial charge is 0.266 e. The summed E-state index contributed by atoms with van der Waals surface area (Å²) >= 11 is 5.95. The number of rotatable bonds is 6. The minimum absolute atomic E-state index is 0.0614. The van der Waals surface area contributed by atoms with Gasteiger partial charge in [-0.1, -0.05) is 47.1 Å². The Kier molecular flexibility index (Phi) is 6.25. The summed E-state index contributed by atoms with van der Waals surface area (Å²) < 4.78 is 7.77. The maximum absolute atomic E-state index is 13.2. The van der Waals surface area contributed by atoms with Gasteiger partial charge in [-0.15, -0.1) is 5.10 Å². The van der Waals surface area contributed by atoms with Gasteiger partial charge < -0.3 is 14.5 Å². The molecule has 0 atom stereocenters. The standard InChI is InChI=1S/C25H26ClN7O2/c1-25(2,35-20-10-8-19(26)9-11-20)24(34)32-14-12-31(13-15-32)22-21-23(28-17-27-22)33(30-29-21)16-18-6-4-3-5-7-18/h3-11,17H,12-16H2,1-2H3. The average Bonchev–Trinajstić information content (AvgIpc) is 3.28. The topological polar surface area (TPSA) is 89.3 Å². The van der Waals surface area contributed by atoms with E-state index in [4.69, 9.17) is 16.3 Å². The van der Waals surface area contributed by atoms with Gasteiger partial charge in [0.15, 0.2) is 22.6 Å². The molecule has 1 aliphatic heterocycles. The third-order valence-corrected chi connectivity index (χ3v) is 6.28. The molecule has 35 heavy (non-hydrogen) atoms. The number of ether oxygens (including phenoxy) is 1. The van der Waals surface area contributed by atoms with Crippen molar-refractivity contribution in [2.45, 2.75) is 26.0 Å². The van der Waals surface area contributed by atoms with Crippen molar-refractivity contribution < 1.29 is 9.53 Å². The van der Waals surface area contributed by atoms with Gasteiger partial charge in [-0.25, -0.2) is 14.6 Å². The first kappa shape index (κ1) is 23.0. The van der Waals surface area contributed by atoms with Crippen molar-refractivity contribution in [1.82, 2.24) is 29.9 Å². The minimum Gasteiger partial charge on any atom is -0.478 e. The van der Waals surface area contributed by atoms with Crippen LogP contribution < -0.4 is 9.64 Å². The van der Waals surface area contributed by atoms with Gasteiger partial charge in [0.2, 0.25) is 0 Å². The first-order valence-corrected chi connectivity index (χ1v) is 11.9. The first-order valence-electron chi connectivity index (χ1n) is 11.5. The molecule has 180 valence electrons. The molecule has 3 heterocycles. The summed E-state index contributed by atoms with van der Waals surface area (Å²) in [6, 6.07) is 17.1. The fraction of sp³-hybridized carbons (Fsp3) is 0.320. The number of halogens is 1. The minimum atomic E-state index is -1.00. The van der Waals surface area contributed by atoms with Crippen LogP contribution in [-0.4, -0.2) is 67.5 Å². The molecule has 0 aliphatic carbocycles.